The molecule has 4 nitrogen and oxygen atoms in total. The molecule has 2 rings (SSSR count). The fourth-order valence-corrected chi connectivity index (χ4v) is 2.23. The zero-order valence-corrected chi connectivity index (χ0v) is 11.3. The van der Waals surface area contributed by atoms with Crippen LogP contribution in [-0.2, 0) is 9.53 Å². The first-order chi connectivity index (χ1) is 9.08. The Kier molecular flexibility index (Phi) is 4.20. The second kappa shape index (κ2) is 5.87. The lowest BCUT2D eigenvalue weighted by Crippen LogP contribution is -2.30. The van der Waals surface area contributed by atoms with Gasteiger partial charge in [-0.05, 0) is 32.4 Å². The Balaban J connectivity index is 1.95. The molecule has 1 unspecified atom stereocenters. The largest absolute Gasteiger partial charge is 0.463 e. The number of esters is 1. The predicted octanol–water partition coefficient (Wildman–Crippen LogP) is 2.10. The van der Waals surface area contributed by atoms with Crippen molar-refractivity contribution in [1.29, 1.82) is 0 Å². The lowest BCUT2D eigenvalue weighted by Gasteiger charge is -2.16. The lowest BCUT2D eigenvalue weighted by molar-refractivity contribution is -0.151. The van der Waals surface area contributed by atoms with Crippen LogP contribution in [0.2, 0.25) is 0 Å². The van der Waals surface area contributed by atoms with Gasteiger partial charge in [-0.3, -0.25) is 9.59 Å². The molecule has 1 fully saturated rings. The number of likely N-dealkylation sites (tertiary alicyclic amines) is 1. The highest BCUT2D eigenvalue weighted by Gasteiger charge is 2.32. The number of hydrogen-bond donors (Lipinski definition) is 0. The highest BCUT2D eigenvalue weighted by Crippen LogP contribution is 2.20. The third-order valence-corrected chi connectivity index (χ3v) is 3.18. The molecule has 0 radical (unpaired) electrons. The first-order valence-corrected chi connectivity index (χ1v) is 6.62. The normalized spacial score (nSPS) is 18.7. The van der Waals surface area contributed by atoms with Crippen LogP contribution < -0.4 is 0 Å². The molecule has 0 aromatic heterocycles. The number of rotatable bonds is 3. The summed E-state index contributed by atoms with van der Waals surface area (Å²) >= 11 is 0. The first-order valence-electron chi connectivity index (χ1n) is 6.62. The van der Waals surface area contributed by atoms with E-state index in [-0.39, 0.29) is 23.9 Å². The van der Waals surface area contributed by atoms with Crippen molar-refractivity contribution < 1.29 is 14.3 Å². The van der Waals surface area contributed by atoms with Crippen molar-refractivity contribution >= 4 is 11.9 Å². The Morgan fingerprint density at radius 2 is 1.95 bits per heavy atom. The smallest absolute Gasteiger partial charge is 0.311 e. The van der Waals surface area contributed by atoms with Crippen LogP contribution >= 0.6 is 0 Å². The van der Waals surface area contributed by atoms with E-state index in [9.17, 15) is 9.59 Å². The van der Waals surface area contributed by atoms with Gasteiger partial charge in [0.25, 0.3) is 5.91 Å². The van der Waals surface area contributed by atoms with Crippen molar-refractivity contribution in [2.45, 2.75) is 26.4 Å². The standard InChI is InChI=1S/C15H19NO3/c1-11(2)19-15(18)13-8-9-16(10-13)14(17)12-6-4-3-5-7-12/h3-7,11,13H,8-10H2,1-2H3. The molecule has 4 heteroatoms. The molecule has 102 valence electrons. The molecule has 1 heterocycles. The fraction of sp³-hybridized carbons (Fsp3) is 0.467. The van der Waals surface area contributed by atoms with Crippen molar-refractivity contribution in [3.05, 3.63) is 35.9 Å². The average molecular weight is 261 g/mol. The number of benzene rings is 1. The van der Waals surface area contributed by atoms with Gasteiger partial charge in [-0.25, -0.2) is 0 Å². The molecule has 0 spiro atoms. The number of amides is 1. The molecule has 1 atom stereocenters. The number of nitrogens with zero attached hydrogens (tertiary/aromatic N) is 1. The minimum absolute atomic E-state index is 0.0135. The Hall–Kier alpha value is -1.84. The van der Waals surface area contributed by atoms with Crippen molar-refractivity contribution in [1.82, 2.24) is 4.90 Å². The molecule has 1 aliphatic rings. The molecular formula is C15H19NO3. The van der Waals surface area contributed by atoms with Gasteiger partial charge in [-0.15, -0.1) is 0 Å². The molecule has 1 aromatic rings. The second-order valence-electron chi connectivity index (χ2n) is 5.09. The molecule has 19 heavy (non-hydrogen) atoms. The maximum Gasteiger partial charge on any atom is 0.311 e. The van der Waals surface area contributed by atoms with E-state index in [0.29, 0.717) is 25.1 Å². The zero-order chi connectivity index (χ0) is 13.8. The van der Waals surface area contributed by atoms with Gasteiger partial charge in [-0.1, -0.05) is 18.2 Å². The molecule has 0 saturated carbocycles. The molecule has 1 saturated heterocycles. The van der Waals surface area contributed by atoms with E-state index in [0.717, 1.165) is 0 Å². The summed E-state index contributed by atoms with van der Waals surface area (Å²) in [5, 5.41) is 0. The Morgan fingerprint density at radius 1 is 1.26 bits per heavy atom. The van der Waals surface area contributed by atoms with Gasteiger partial charge in [0, 0.05) is 18.7 Å². The predicted molar refractivity (Wildman–Crippen MR) is 71.7 cm³/mol. The van der Waals surface area contributed by atoms with Gasteiger partial charge in [0.2, 0.25) is 0 Å². The summed E-state index contributed by atoms with van der Waals surface area (Å²) in [4.78, 5) is 25.7. The van der Waals surface area contributed by atoms with Crippen LogP contribution in [0.3, 0.4) is 0 Å². The summed E-state index contributed by atoms with van der Waals surface area (Å²) in [7, 11) is 0. The van der Waals surface area contributed by atoms with E-state index in [1.807, 2.05) is 32.0 Å². The van der Waals surface area contributed by atoms with Crippen molar-refractivity contribution in [2.75, 3.05) is 13.1 Å². The van der Waals surface area contributed by atoms with Crippen LogP contribution in [0.1, 0.15) is 30.6 Å². The third kappa shape index (κ3) is 3.34. The number of carbonyl (C=O) groups is 2. The van der Waals surface area contributed by atoms with Crippen LogP contribution in [0.5, 0.6) is 0 Å². The molecule has 0 bridgehead atoms. The highest BCUT2D eigenvalue weighted by molar-refractivity contribution is 5.94. The Labute approximate surface area is 113 Å². The van der Waals surface area contributed by atoms with Gasteiger partial charge in [0.15, 0.2) is 0 Å². The zero-order valence-electron chi connectivity index (χ0n) is 11.3. The number of carbonyl (C=O) groups excluding carboxylic acids is 2. The topological polar surface area (TPSA) is 46.6 Å². The summed E-state index contributed by atoms with van der Waals surface area (Å²) in [6.07, 6.45) is 0.579. The summed E-state index contributed by atoms with van der Waals surface area (Å²) in [6.45, 7) is 4.74. The van der Waals surface area contributed by atoms with E-state index in [1.165, 1.54) is 0 Å². The first kappa shape index (κ1) is 13.6. The SMILES string of the molecule is CC(C)OC(=O)C1CCN(C(=O)c2ccccc2)C1. The number of hydrogen-bond acceptors (Lipinski definition) is 3. The molecule has 0 N–H and O–H groups in total. The summed E-state index contributed by atoms with van der Waals surface area (Å²) in [5.74, 6) is -0.395. The number of ether oxygens (including phenoxy) is 1. The van der Waals surface area contributed by atoms with Crippen molar-refractivity contribution in [3.8, 4) is 0 Å². The molecule has 1 aliphatic heterocycles. The Bertz CT molecular complexity index is 456. The van der Waals surface area contributed by atoms with E-state index < -0.39 is 0 Å². The third-order valence-electron chi connectivity index (χ3n) is 3.18. The average Bonchev–Trinajstić information content (AvgIpc) is 2.88. The summed E-state index contributed by atoms with van der Waals surface area (Å²) in [5.41, 5.74) is 0.667. The fourth-order valence-electron chi connectivity index (χ4n) is 2.23. The second-order valence-corrected chi connectivity index (χ2v) is 5.09. The van der Waals surface area contributed by atoms with E-state index in [2.05, 4.69) is 0 Å². The van der Waals surface area contributed by atoms with Gasteiger partial charge in [0.1, 0.15) is 0 Å². The van der Waals surface area contributed by atoms with Crippen LogP contribution in [0.25, 0.3) is 0 Å². The van der Waals surface area contributed by atoms with Crippen LogP contribution in [-0.4, -0.2) is 36.0 Å². The summed E-state index contributed by atoms with van der Waals surface area (Å²) in [6, 6.07) is 9.15. The highest BCUT2D eigenvalue weighted by atomic mass is 16.5. The van der Waals surface area contributed by atoms with Crippen LogP contribution in [0.4, 0.5) is 0 Å². The summed E-state index contributed by atoms with van der Waals surface area (Å²) < 4.78 is 5.19. The minimum atomic E-state index is -0.196. The van der Waals surface area contributed by atoms with Crippen LogP contribution in [0, 0.1) is 5.92 Å². The van der Waals surface area contributed by atoms with Crippen molar-refractivity contribution in [3.63, 3.8) is 0 Å². The van der Waals surface area contributed by atoms with Gasteiger partial charge >= 0.3 is 5.97 Å². The van der Waals surface area contributed by atoms with E-state index in [4.69, 9.17) is 4.74 Å². The molecule has 1 amide bonds. The van der Waals surface area contributed by atoms with Gasteiger partial charge < -0.3 is 9.64 Å². The van der Waals surface area contributed by atoms with Crippen LogP contribution in [0.15, 0.2) is 30.3 Å². The maximum atomic E-state index is 12.2. The monoisotopic (exact) mass is 261 g/mol. The quantitative estimate of drug-likeness (QED) is 0.783. The van der Waals surface area contributed by atoms with Gasteiger partial charge in [0.05, 0.1) is 12.0 Å². The lowest BCUT2D eigenvalue weighted by atomic mass is 10.1. The van der Waals surface area contributed by atoms with E-state index in [1.54, 1.807) is 17.0 Å². The molecular weight excluding hydrogens is 242 g/mol. The minimum Gasteiger partial charge on any atom is -0.463 e. The van der Waals surface area contributed by atoms with E-state index >= 15 is 0 Å². The van der Waals surface area contributed by atoms with Crippen molar-refractivity contribution in [2.24, 2.45) is 5.92 Å². The molecule has 0 aliphatic carbocycles. The Morgan fingerprint density at radius 3 is 2.58 bits per heavy atom. The maximum absolute atomic E-state index is 12.2. The molecule has 1 aromatic carbocycles. The van der Waals surface area contributed by atoms with Gasteiger partial charge in [-0.2, -0.15) is 0 Å².